The fourth-order valence-corrected chi connectivity index (χ4v) is 6.71. The number of benzene rings is 2. The predicted molar refractivity (Wildman–Crippen MR) is 133 cm³/mol. The summed E-state index contributed by atoms with van der Waals surface area (Å²) in [6.45, 7) is 1.68. The minimum absolute atomic E-state index is 0.0231. The SMILES string of the molecule is O=C1C2=C(O)C(O)C=CN2N(C2c3ccccc3N3CCOCC3c3c2ccc(F)c3F)C2CCCCN12. The molecule has 2 N–H and O–H groups in total. The van der Waals surface area contributed by atoms with Crippen molar-refractivity contribution < 1.29 is 28.5 Å². The zero-order valence-electron chi connectivity index (χ0n) is 20.6. The van der Waals surface area contributed by atoms with Crippen LogP contribution in [0.3, 0.4) is 0 Å². The number of anilines is 1. The Morgan fingerprint density at radius 2 is 1.84 bits per heavy atom. The fraction of sp³-hybridized carbons (Fsp3) is 0.393. The van der Waals surface area contributed by atoms with Crippen LogP contribution in [-0.4, -0.2) is 69.6 Å². The van der Waals surface area contributed by atoms with Crippen molar-refractivity contribution in [3.63, 3.8) is 0 Å². The smallest absolute Gasteiger partial charge is 0.276 e. The van der Waals surface area contributed by atoms with Gasteiger partial charge in [-0.3, -0.25) is 9.80 Å². The van der Waals surface area contributed by atoms with Gasteiger partial charge in [-0.15, -0.1) is 0 Å². The molecular weight excluding hydrogens is 494 g/mol. The summed E-state index contributed by atoms with van der Waals surface area (Å²) < 4.78 is 36.3. The van der Waals surface area contributed by atoms with E-state index in [0.717, 1.165) is 30.2 Å². The maximum absolute atomic E-state index is 15.8. The molecule has 0 bridgehead atoms. The number of carbonyl (C=O) groups excluding carboxylic acids is 1. The molecule has 2 aromatic carbocycles. The van der Waals surface area contributed by atoms with Crippen LogP contribution in [0.15, 0.2) is 60.1 Å². The van der Waals surface area contributed by atoms with Crippen molar-refractivity contribution in [3.05, 3.63) is 88.5 Å². The van der Waals surface area contributed by atoms with E-state index in [1.807, 2.05) is 29.3 Å². The largest absolute Gasteiger partial charge is 0.507 e. The minimum Gasteiger partial charge on any atom is -0.507 e. The van der Waals surface area contributed by atoms with E-state index in [9.17, 15) is 19.4 Å². The maximum atomic E-state index is 15.8. The summed E-state index contributed by atoms with van der Waals surface area (Å²) >= 11 is 0. The second-order valence-electron chi connectivity index (χ2n) is 10.3. The van der Waals surface area contributed by atoms with E-state index in [1.54, 1.807) is 22.2 Å². The number of morpholine rings is 1. The van der Waals surface area contributed by atoms with Gasteiger partial charge in [-0.25, -0.2) is 8.78 Å². The molecule has 8 nitrogen and oxygen atoms in total. The summed E-state index contributed by atoms with van der Waals surface area (Å²) in [5.74, 6) is -2.61. The number of hydrogen-bond acceptors (Lipinski definition) is 7. The van der Waals surface area contributed by atoms with Crippen molar-refractivity contribution in [2.24, 2.45) is 0 Å². The first-order valence-electron chi connectivity index (χ1n) is 13.1. The van der Waals surface area contributed by atoms with Crippen LogP contribution in [0.1, 0.15) is 48.0 Å². The Labute approximate surface area is 218 Å². The number of halogens is 2. The van der Waals surface area contributed by atoms with Crippen LogP contribution in [0, 0.1) is 11.6 Å². The molecule has 3 saturated heterocycles. The van der Waals surface area contributed by atoms with Crippen molar-refractivity contribution >= 4 is 11.6 Å². The van der Waals surface area contributed by atoms with Crippen molar-refractivity contribution in [2.75, 3.05) is 31.2 Å². The van der Waals surface area contributed by atoms with Gasteiger partial charge in [0.05, 0.1) is 25.3 Å². The minimum atomic E-state index is -1.31. The third-order valence-electron chi connectivity index (χ3n) is 8.38. The van der Waals surface area contributed by atoms with E-state index in [4.69, 9.17) is 4.74 Å². The van der Waals surface area contributed by atoms with E-state index in [1.165, 1.54) is 6.08 Å². The fourth-order valence-electron chi connectivity index (χ4n) is 6.71. The first-order valence-corrected chi connectivity index (χ1v) is 13.1. The number of nitrogens with zero attached hydrogens (tertiary/aromatic N) is 4. The zero-order chi connectivity index (χ0) is 26.1. The average molecular weight is 523 g/mol. The number of ether oxygens (including phenoxy) is 1. The summed E-state index contributed by atoms with van der Waals surface area (Å²) in [4.78, 5) is 17.4. The Balaban J connectivity index is 1.52. The molecule has 5 aliphatic rings. The molecule has 0 saturated carbocycles. The Hall–Kier alpha value is -3.47. The molecule has 2 aromatic rings. The van der Waals surface area contributed by atoms with Crippen molar-refractivity contribution in [1.82, 2.24) is 14.9 Å². The highest BCUT2D eigenvalue weighted by Gasteiger charge is 2.51. The quantitative estimate of drug-likeness (QED) is 0.594. The van der Waals surface area contributed by atoms with Crippen LogP contribution >= 0.6 is 0 Å². The molecule has 0 radical (unpaired) electrons. The number of aliphatic hydroxyl groups excluding tert-OH is 2. The highest BCUT2D eigenvalue weighted by Crippen LogP contribution is 2.50. The number of piperidine rings is 1. The van der Waals surface area contributed by atoms with Crippen molar-refractivity contribution in [2.45, 2.75) is 43.6 Å². The van der Waals surface area contributed by atoms with Gasteiger partial charge < -0.3 is 24.7 Å². The molecule has 5 heterocycles. The standard InChI is InChI=1S/C28H28F2N4O4/c29-18-9-8-17-23(24(18)30)20-15-38-14-13-31(20)19-6-2-1-5-16(19)25(17)34-22-7-3-4-11-32(22)28(37)26-27(36)21(35)10-12-33(26)34/h1-2,5-6,8-10,12,20-22,25,35-36H,3-4,7,11,13-15H2. The van der Waals surface area contributed by atoms with Gasteiger partial charge in [-0.2, -0.15) is 5.01 Å². The van der Waals surface area contributed by atoms with Gasteiger partial charge in [0, 0.05) is 30.5 Å². The van der Waals surface area contributed by atoms with Gasteiger partial charge in [0.2, 0.25) is 0 Å². The second kappa shape index (κ2) is 8.79. The normalized spacial score (nSPS) is 28.8. The molecule has 4 unspecified atom stereocenters. The summed E-state index contributed by atoms with van der Waals surface area (Å²) in [5.41, 5.74) is 2.55. The lowest BCUT2D eigenvalue weighted by molar-refractivity contribution is -0.172. The van der Waals surface area contributed by atoms with Crippen molar-refractivity contribution in [1.29, 1.82) is 0 Å². The molecule has 38 heavy (non-hydrogen) atoms. The number of amides is 1. The second-order valence-corrected chi connectivity index (χ2v) is 10.3. The molecule has 10 heteroatoms. The Morgan fingerprint density at radius 3 is 2.71 bits per heavy atom. The first kappa shape index (κ1) is 23.6. The molecule has 0 aliphatic carbocycles. The van der Waals surface area contributed by atoms with Crippen LogP contribution in [0.4, 0.5) is 14.5 Å². The summed E-state index contributed by atoms with van der Waals surface area (Å²) in [7, 11) is 0. The molecule has 5 aliphatic heterocycles. The summed E-state index contributed by atoms with van der Waals surface area (Å²) in [6.07, 6.45) is 3.68. The van der Waals surface area contributed by atoms with E-state index < -0.39 is 41.7 Å². The van der Waals surface area contributed by atoms with Crippen molar-refractivity contribution in [3.8, 4) is 0 Å². The van der Waals surface area contributed by atoms with E-state index in [0.29, 0.717) is 31.7 Å². The number of aliphatic hydroxyl groups is 2. The van der Waals surface area contributed by atoms with Crippen LogP contribution < -0.4 is 4.90 Å². The Bertz CT molecular complexity index is 1380. The van der Waals surface area contributed by atoms with Gasteiger partial charge in [0.25, 0.3) is 5.91 Å². The molecule has 7 rings (SSSR count). The third-order valence-corrected chi connectivity index (χ3v) is 8.38. The lowest BCUT2D eigenvalue weighted by Gasteiger charge is -2.55. The number of hydrazine groups is 1. The van der Waals surface area contributed by atoms with E-state index in [2.05, 4.69) is 4.90 Å². The lowest BCUT2D eigenvalue weighted by atomic mass is 9.90. The molecule has 3 fully saturated rings. The van der Waals surface area contributed by atoms with Crippen LogP contribution in [0.5, 0.6) is 0 Å². The molecule has 4 atom stereocenters. The topological polar surface area (TPSA) is 79.7 Å². The van der Waals surface area contributed by atoms with Gasteiger partial charge in [-0.05, 0) is 48.6 Å². The van der Waals surface area contributed by atoms with Gasteiger partial charge in [-0.1, -0.05) is 24.3 Å². The molecule has 0 aromatic heterocycles. The zero-order valence-corrected chi connectivity index (χ0v) is 20.6. The summed E-state index contributed by atoms with van der Waals surface area (Å²) in [5, 5.41) is 24.8. The number of rotatable bonds is 1. The number of para-hydroxylation sites is 1. The first-order chi connectivity index (χ1) is 18.5. The predicted octanol–water partition coefficient (Wildman–Crippen LogP) is 3.47. The third kappa shape index (κ3) is 3.26. The van der Waals surface area contributed by atoms with E-state index in [-0.39, 0.29) is 23.8 Å². The monoisotopic (exact) mass is 522 g/mol. The van der Waals surface area contributed by atoms with Gasteiger partial charge in [0.15, 0.2) is 23.1 Å². The van der Waals surface area contributed by atoms with Gasteiger partial charge in [0.1, 0.15) is 12.3 Å². The lowest BCUT2D eigenvalue weighted by Crippen LogP contribution is -2.65. The highest BCUT2D eigenvalue weighted by atomic mass is 19.2. The molecule has 0 spiro atoms. The number of hydrogen-bond donors (Lipinski definition) is 2. The highest BCUT2D eigenvalue weighted by molar-refractivity contribution is 5.95. The molecule has 1 amide bonds. The average Bonchev–Trinajstić information content (AvgIpc) is 3.06. The Morgan fingerprint density at radius 1 is 1.00 bits per heavy atom. The van der Waals surface area contributed by atoms with E-state index >= 15 is 4.39 Å². The number of fused-ring (bicyclic) bond motifs is 7. The maximum Gasteiger partial charge on any atom is 0.276 e. The number of carbonyl (C=O) groups is 1. The molecular formula is C28H28F2N4O4. The van der Waals surface area contributed by atoms with Crippen LogP contribution in [-0.2, 0) is 9.53 Å². The van der Waals surface area contributed by atoms with Crippen LogP contribution in [0.2, 0.25) is 0 Å². The molecule has 198 valence electrons. The van der Waals surface area contributed by atoms with Crippen LogP contribution in [0.25, 0.3) is 0 Å². The van der Waals surface area contributed by atoms with Gasteiger partial charge >= 0.3 is 0 Å². The summed E-state index contributed by atoms with van der Waals surface area (Å²) in [6, 6.07) is 9.44. The Kier molecular flexibility index (Phi) is 5.47.